The monoisotopic (exact) mass is 439 g/mol. The van der Waals surface area contributed by atoms with Crippen LogP contribution in [0.4, 0.5) is 5.69 Å². The predicted molar refractivity (Wildman–Crippen MR) is 123 cm³/mol. The maximum absolute atomic E-state index is 12.9. The van der Waals surface area contributed by atoms with Gasteiger partial charge in [0.1, 0.15) is 0 Å². The summed E-state index contributed by atoms with van der Waals surface area (Å²) < 4.78 is 41.9. The van der Waals surface area contributed by atoms with E-state index < -0.39 is 9.84 Å². The van der Waals surface area contributed by atoms with Gasteiger partial charge < -0.3 is 19.9 Å². The summed E-state index contributed by atoms with van der Waals surface area (Å²) in [7, 11) is 1.12. The van der Waals surface area contributed by atoms with E-state index in [9.17, 15) is 8.42 Å². The molecule has 0 heterocycles. The molecule has 3 aromatic rings. The summed E-state index contributed by atoms with van der Waals surface area (Å²) in [5.74, 6) is 1.46. The van der Waals surface area contributed by atoms with Crippen LogP contribution in [0.2, 0.25) is 0 Å². The SMILES string of the molecule is COc1cc(/C=C\c2ccccc2CS(=O)(=O)c2cccc(N)c2)cc(OC)c1OC. The normalized spacial score (nSPS) is 11.5. The van der Waals surface area contributed by atoms with Gasteiger partial charge in [-0.15, -0.1) is 0 Å². The number of benzene rings is 3. The van der Waals surface area contributed by atoms with Crippen LogP contribution in [-0.2, 0) is 15.6 Å². The Balaban J connectivity index is 1.93. The van der Waals surface area contributed by atoms with Crippen molar-refractivity contribution >= 4 is 27.7 Å². The molecule has 0 unspecified atom stereocenters. The van der Waals surface area contributed by atoms with Gasteiger partial charge in [0.15, 0.2) is 21.3 Å². The van der Waals surface area contributed by atoms with Crippen LogP contribution < -0.4 is 19.9 Å². The number of ether oxygens (including phenoxy) is 3. The highest BCUT2D eigenvalue weighted by molar-refractivity contribution is 7.90. The van der Waals surface area contributed by atoms with Crippen LogP contribution in [-0.4, -0.2) is 29.7 Å². The number of rotatable bonds is 8. The topological polar surface area (TPSA) is 87.9 Å². The minimum absolute atomic E-state index is 0.133. The van der Waals surface area contributed by atoms with Crippen LogP contribution in [0.3, 0.4) is 0 Å². The minimum atomic E-state index is -3.54. The molecule has 0 fully saturated rings. The van der Waals surface area contributed by atoms with Crippen molar-refractivity contribution in [3.8, 4) is 17.2 Å². The van der Waals surface area contributed by atoms with Crippen LogP contribution >= 0.6 is 0 Å². The van der Waals surface area contributed by atoms with Gasteiger partial charge in [0.25, 0.3) is 0 Å². The van der Waals surface area contributed by atoms with Crippen molar-refractivity contribution in [1.29, 1.82) is 0 Å². The van der Waals surface area contributed by atoms with Gasteiger partial charge in [-0.2, -0.15) is 0 Å². The number of anilines is 1. The summed E-state index contributed by atoms with van der Waals surface area (Å²) in [5, 5.41) is 0. The maximum Gasteiger partial charge on any atom is 0.203 e. The molecule has 6 nitrogen and oxygen atoms in total. The summed E-state index contributed by atoms with van der Waals surface area (Å²) in [6, 6.07) is 17.3. The number of nitrogen functional groups attached to an aromatic ring is 1. The molecular formula is C24H25NO5S. The lowest BCUT2D eigenvalue weighted by atomic mass is 10.1. The zero-order valence-corrected chi connectivity index (χ0v) is 18.5. The van der Waals surface area contributed by atoms with E-state index in [0.29, 0.717) is 28.5 Å². The van der Waals surface area contributed by atoms with Gasteiger partial charge in [0, 0.05) is 5.69 Å². The van der Waals surface area contributed by atoms with Crippen LogP contribution in [0.25, 0.3) is 12.2 Å². The van der Waals surface area contributed by atoms with Gasteiger partial charge >= 0.3 is 0 Å². The summed E-state index contributed by atoms with van der Waals surface area (Å²) in [6.45, 7) is 0. The third-order valence-electron chi connectivity index (χ3n) is 4.76. The van der Waals surface area contributed by atoms with Crippen molar-refractivity contribution in [2.45, 2.75) is 10.6 Å². The minimum Gasteiger partial charge on any atom is -0.493 e. The molecule has 7 heteroatoms. The number of sulfone groups is 1. The average molecular weight is 440 g/mol. The van der Waals surface area contributed by atoms with E-state index >= 15 is 0 Å². The van der Waals surface area contributed by atoms with Gasteiger partial charge in [-0.05, 0) is 47.0 Å². The van der Waals surface area contributed by atoms with Crippen molar-refractivity contribution in [3.63, 3.8) is 0 Å². The molecule has 31 heavy (non-hydrogen) atoms. The summed E-state index contributed by atoms with van der Waals surface area (Å²) >= 11 is 0. The van der Waals surface area contributed by atoms with Gasteiger partial charge in [0.2, 0.25) is 5.75 Å². The van der Waals surface area contributed by atoms with Crippen LogP contribution in [0.5, 0.6) is 17.2 Å². The fourth-order valence-corrected chi connectivity index (χ4v) is 4.65. The molecule has 0 saturated carbocycles. The number of methoxy groups -OCH3 is 3. The fraction of sp³-hybridized carbons (Fsp3) is 0.167. The second-order valence-electron chi connectivity index (χ2n) is 6.82. The lowest BCUT2D eigenvalue weighted by molar-refractivity contribution is 0.324. The van der Waals surface area contributed by atoms with Gasteiger partial charge in [0.05, 0.1) is 32.0 Å². The van der Waals surface area contributed by atoms with Crippen molar-refractivity contribution in [3.05, 3.63) is 77.4 Å². The number of hydrogen-bond acceptors (Lipinski definition) is 6. The largest absolute Gasteiger partial charge is 0.493 e. The van der Waals surface area contributed by atoms with E-state index in [0.717, 1.165) is 11.1 Å². The fourth-order valence-electron chi connectivity index (χ4n) is 3.21. The first-order valence-electron chi connectivity index (χ1n) is 9.52. The van der Waals surface area contributed by atoms with E-state index in [1.54, 1.807) is 45.6 Å². The molecule has 0 bridgehead atoms. The lowest BCUT2D eigenvalue weighted by Crippen LogP contribution is -2.06. The second-order valence-corrected chi connectivity index (χ2v) is 8.81. The molecule has 0 saturated heterocycles. The van der Waals surface area contributed by atoms with Crippen LogP contribution in [0, 0.1) is 0 Å². The van der Waals surface area contributed by atoms with Gasteiger partial charge in [-0.1, -0.05) is 42.5 Å². The van der Waals surface area contributed by atoms with Gasteiger partial charge in [-0.3, -0.25) is 0 Å². The molecule has 162 valence electrons. The molecule has 0 amide bonds. The Labute approximate surface area is 182 Å². The molecule has 0 radical (unpaired) electrons. The Bertz CT molecular complexity index is 1180. The highest BCUT2D eigenvalue weighted by Gasteiger charge is 2.17. The quantitative estimate of drug-likeness (QED) is 0.412. The standard InChI is InChI=1S/C24H25NO5S/c1-28-22-13-17(14-23(29-2)24(22)30-3)11-12-18-7-4-5-8-19(18)16-31(26,27)21-10-6-9-20(25)15-21/h4-15H,16,25H2,1-3H3/b12-11-. The molecule has 0 spiro atoms. The van der Waals surface area contributed by atoms with E-state index in [2.05, 4.69) is 0 Å². The third-order valence-corrected chi connectivity index (χ3v) is 6.42. The second kappa shape index (κ2) is 9.57. The summed E-state index contributed by atoms with van der Waals surface area (Å²) in [4.78, 5) is 0.205. The van der Waals surface area contributed by atoms with E-state index in [1.807, 2.05) is 42.5 Å². The Kier molecular flexibility index (Phi) is 6.87. The van der Waals surface area contributed by atoms with Gasteiger partial charge in [-0.25, -0.2) is 8.42 Å². The van der Waals surface area contributed by atoms with E-state index in [4.69, 9.17) is 19.9 Å². The molecule has 3 aromatic carbocycles. The van der Waals surface area contributed by atoms with Crippen LogP contribution in [0.15, 0.2) is 65.6 Å². The molecule has 0 aliphatic heterocycles. The average Bonchev–Trinajstić information content (AvgIpc) is 2.77. The Hall–Kier alpha value is -3.45. The van der Waals surface area contributed by atoms with Crippen molar-refractivity contribution < 1.29 is 22.6 Å². The molecule has 0 aliphatic rings. The molecule has 0 atom stereocenters. The lowest BCUT2D eigenvalue weighted by Gasteiger charge is -2.13. The van der Waals surface area contributed by atoms with E-state index in [1.165, 1.54) is 6.07 Å². The Morgan fingerprint density at radius 3 is 2.13 bits per heavy atom. The number of hydrogen-bond donors (Lipinski definition) is 1. The van der Waals surface area contributed by atoms with Crippen molar-refractivity contribution in [2.24, 2.45) is 0 Å². The predicted octanol–water partition coefficient (Wildman–Crippen LogP) is 4.44. The Morgan fingerprint density at radius 2 is 1.52 bits per heavy atom. The smallest absolute Gasteiger partial charge is 0.203 e. The highest BCUT2D eigenvalue weighted by Crippen LogP contribution is 2.38. The molecule has 0 aromatic heterocycles. The summed E-state index contributed by atoms with van der Waals surface area (Å²) in [5.41, 5.74) is 8.47. The first-order chi connectivity index (χ1) is 14.9. The number of nitrogens with two attached hydrogens (primary N) is 1. The molecular weight excluding hydrogens is 414 g/mol. The highest BCUT2D eigenvalue weighted by atomic mass is 32.2. The molecule has 2 N–H and O–H groups in total. The van der Waals surface area contributed by atoms with Crippen molar-refractivity contribution in [2.75, 3.05) is 27.1 Å². The first kappa shape index (κ1) is 22.2. The Morgan fingerprint density at radius 1 is 0.839 bits per heavy atom. The van der Waals surface area contributed by atoms with Crippen molar-refractivity contribution in [1.82, 2.24) is 0 Å². The zero-order chi connectivity index (χ0) is 22.4. The van der Waals surface area contributed by atoms with E-state index in [-0.39, 0.29) is 10.6 Å². The molecule has 3 rings (SSSR count). The summed E-state index contributed by atoms with van der Waals surface area (Å²) in [6.07, 6.45) is 3.74. The first-order valence-corrected chi connectivity index (χ1v) is 11.2. The maximum atomic E-state index is 12.9. The third kappa shape index (κ3) is 5.19. The molecule has 0 aliphatic carbocycles. The zero-order valence-electron chi connectivity index (χ0n) is 17.7. The van der Waals surface area contributed by atoms with Crippen LogP contribution in [0.1, 0.15) is 16.7 Å².